The number of pyridine rings is 1. The average molecular weight is 327 g/mol. The normalized spacial score (nSPS) is 10.6. The SMILES string of the molecule is CC(C)Oc1ccc(Nc2nc(NN)c(Cl)cc2Cl)cc1. The zero-order chi connectivity index (χ0) is 15.4. The fourth-order valence-electron chi connectivity index (χ4n) is 1.68. The van der Waals surface area contributed by atoms with E-state index >= 15 is 0 Å². The Hall–Kier alpha value is -1.69. The number of hydrogen-bond donors (Lipinski definition) is 3. The van der Waals surface area contributed by atoms with Crippen LogP contribution in [0.15, 0.2) is 30.3 Å². The number of halogens is 2. The van der Waals surface area contributed by atoms with Crippen LogP contribution in [0.25, 0.3) is 0 Å². The van der Waals surface area contributed by atoms with Crippen LogP contribution in [0.3, 0.4) is 0 Å². The number of anilines is 3. The number of ether oxygens (including phenoxy) is 1. The average Bonchev–Trinajstić information content (AvgIpc) is 2.43. The van der Waals surface area contributed by atoms with Gasteiger partial charge in [-0.2, -0.15) is 0 Å². The molecule has 1 heterocycles. The molecular weight excluding hydrogens is 311 g/mol. The summed E-state index contributed by atoms with van der Waals surface area (Å²) in [6.07, 6.45) is 0.134. The first kappa shape index (κ1) is 15.7. The van der Waals surface area contributed by atoms with Crippen molar-refractivity contribution in [3.8, 4) is 5.75 Å². The van der Waals surface area contributed by atoms with Gasteiger partial charge in [0.25, 0.3) is 0 Å². The highest BCUT2D eigenvalue weighted by Crippen LogP contribution is 2.31. The van der Waals surface area contributed by atoms with Crippen molar-refractivity contribution in [3.05, 3.63) is 40.4 Å². The highest BCUT2D eigenvalue weighted by Gasteiger charge is 2.09. The first-order valence-electron chi connectivity index (χ1n) is 6.36. The third kappa shape index (κ3) is 4.14. The molecule has 0 saturated carbocycles. The molecule has 0 atom stereocenters. The van der Waals surface area contributed by atoms with E-state index in [1.807, 2.05) is 38.1 Å². The molecule has 0 aliphatic carbocycles. The van der Waals surface area contributed by atoms with Gasteiger partial charge in [0.15, 0.2) is 11.6 Å². The van der Waals surface area contributed by atoms with Gasteiger partial charge in [-0.25, -0.2) is 10.8 Å². The minimum atomic E-state index is 0.134. The molecule has 0 fully saturated rings. The summed E-state index contributed by atoms with van der Waals surface area (Å²) in [6, 6.07) is 9.06. The quantitative estimate of drug-likeness (QED) is 0.567. The molecule has 0 unspecified atom stereocenters. The third-order valence-corrected chi connectivity index (χ3v) is 3.13. The van der Waals surface area contributed by atoms with Crippen LogP contribution < -0.4 is 21.3 Å². The molecule has 7 heteroatoms. The van der Waals surface area contributed by atoms with Crippen molar-refractivity contribution >= 4 is 40.5 Å². The fourth-order valence-corrected chi connectivity index (χ4v) is 2.14. The summed E-state index contributed by atoms with van der Waals surface area (Å²) < 4.78 is 5.58. The molecule has 112 valence electrons. The number of nitrogens with one attached hydrogen (secondary N) is 2. The molecular formula is C14H16Cl2N4O. The fraction of sp³-hybridized carbons (Fsp3) is 0.214. The third-order valence-electron chi connectivity index (χ3n) is 2.56. The van der Waals surface area contributed by atoms with Gasteiger partial charge in [0.05, 0.1) is 16.1 Å². The molecule has 0 radical (unpaired) electrons. The Morgan fingerprint density at radius 3 is 2.29 bits per heavy atom. The van der Waals surface area contributed by atoms with E-state index in [1.165, 1.54) is 0 Å². The minimum absolute atomic E-state index is 0.134. The maximum atomic E-state index is 6.11. The Kier molecular flexibility index (Phi) is 5.12. The molecule has 1 aromatic carbocycles. The van der Waals surface area contributed by atoms with Gasteiger partial charge >= 0.3 is 0 Å². The van der Waals surface area contributed by atoms with Crippen LogP contribution in [0.2, 0.25) is 10.0 Å². The van der Waals surface area contributed by atoms with Crippen LogP contribution >= 0.6 is 23.2 Å². The predicted octanol–water partition coefficient (Wildman–Crippen LogP) is 4.20. The highest BCUT2D eigenvalue weighted by molar-refractivity contribution is 6.37. The lowest BCUT2D eigenvalue weighted by Gasteiger charge is -2.12. The summed E-state index contributed by atoms with van der Waals surface area (Å²) in [4.78, 5) is 4.21. The van der Waals surface area contributed by atoms with Crippen LogP contribution in [0.4, 0.5) is 17.3 Å². The van der Waals surface area contributed by atoms with Crippen molar-refractivity contribution in [2.75, 3.05) is 10.7 Å². The second-order valence-electron chi connectivity index (χ2n) is 4.61. The molecule has 21 heavy (non-hydrogen) atoms. The minimum Gasteiger partial charge on any atom is -0.491 e. The molecule has 0 spiro atoms. The maximum absolute atomic E-state index is 6.11. The molecule has 0 aliphatic rings. The number of hydrazine groups is 1. The number of aromatic nitrogens is 1. The van der Waals surface area contributed by atoms with E-state index < -0.39 is 0 Å². The van der Waals surface area contributed by atoms with Crippen molar-refractivity contribution in [3.63, 3.8) is 0 Å². The first-order valence-corrected chi connectivity index (χ1v) is 7.11. The Morgan fingerprint density at radius 1 is 1.10 bits per heavy atom. The lowest BCUT2D eigenvalue weighted by Crippen LogP contribution is -2.10. The highest BCUT2D eigenvalue weighted by atomic mass is 35.5. The summed E-state index contributed by atoms with van der Waals surface area (Å²) >= 11 is 12.0. The summed E-state index contributed by atoms with van der Waals surface area (Å²) in [5.41, 5.74) is 3.24. The number of benzene rings is 1. The Morgan fingerprint density at radius 2 is 1.71 bits per heavy atom. The van der Waals surface area contributed by atoms with Crippen LogP contribution in [-0.2, 0) is 0 Å². The second-order valence-corrected chi connectivity index (χ2v) is 5.42. The van der Waals surface area contributed by atoms with Crippen molar-refractivity contribution in [1.29, 1.82) is 0 Å². The van der Waals surface area contributed by atoms with Crippen molar-refractivity contribution in [2.24, 2.45) is 5.84 Å². The van der Waals surface area contributed by atoms with Crippen LogP contribution in [0.5, 0.6) is 5.75 Å². The van der Waals surface area contributed by atoms with Crippen molar-refractivity contribution < 1.29 is 4.74 Å². The van der Waals surface area contributed by atoms with E-state index in [4.69, 9.17) is 33.8 Å². The molecule has 0 bridgehead atoms. The smallest absolute Gasteiger partial charge is 0.161 e. The van der Waals surface area contributed by atoms with Gasteiger partial charge in [-0.05, 0) is 44.2 Å². The Labute approximate surface area is 133 Å². The second kappa shape index (κ2) is 6.85. The summed E-state index contributed by atoms with van der Waals surface area (Å²) in [7, 11) is 0. The van der Waals surface area contributed by atoms with E-state index in [0.29, 0.717) is 21.7 Å². The van der Waals surface area contributed by atoms with Crippen LogP contribution in [0, 0.1) is 0 Å². The summed E-state index contributed by atoms with van der Waals surface area (Å²) in [5, 5.41) is 3.86. The number of nitrogen functional groups attached to an aromatic ring is 1. The van der Waals surface area contributed by atoms with Gasteiger partial charge in [-0.3, -0.25) is 0 Å². The number of nitrogens with zero attached hydrogens (tertiary/aromatic N) is 1. The molecule has 1 aromatic heterocycles. The van der Waals surface area contributed by atoms with Crippen LogP contribution in [-0.4, -0.2) is 11.1 Å². The summed E-state index contributed by atoms with van der Waals surface area (Å²) in [5.74, 6) is 6.96. The standard InChI is InChI=1S/C14H16Cl2N4O/c1-8(2)21-10-5-3-9(4-6-10)18-13-11(15)7-12(16)14(19-13)20-17/h3-8H,17H2,1-2H3,(H2,18,19,20). The first-order chi connectivity index (χ1) is 9.99. The largest absolute Gasteiger partial charge is 0.491 e. The predicted molar refractivity (Wildman–Crippen MR) is 87.6 cm³/mol. The topological polar surface area (TPSA) is 72.2 Å². The molecule has 2 rings (SSSR count). The van der Waals surface area contributed by atoms with E-state index in [0.717, 1.165) is 11.4 Å². The van der Waals surface area contributed by atoms with Crippen LogP contribution in [0.1, 0.15) is 13.8 Å². The van der Waals surface area contributed by atoms with Crippen molar-refractivity contribution in [2.45, 2.75) is 20.0 Å². The molecule has 2 aromatic rings. The van der Waals surface area contributed by atoms with Gasteiger partial charge < -0.3 is 15.5 Å². The zero-order valence-corrected chi connectivity index (χ0v) is 13.2. The van der Waals surface area contributed by atoms with Crippen molar-refractivity contribution in [1.82, 2.24) is 4.98 Å². The summed E-state index contributed by atoms with van der Waals surface area (Å²) in [6.45, 7) is 3.95. The lowest BCUT2D eigenvalue weighted by atomic mass is 10.3. The molecule has 0 saturated heterocycles. The maximum Gasteiger partial charge on any atom is 0.161 e. The van der Waals surface area contributed by atoms with Gasteiger partial charge in [0, 0.05) is 5.69 Å². The zero-order valence-electron chi connectivity index (χ0n) is 11.7. The van der Waals surface area contributed by atoms with E-state index in [9.17, 15) is 0 Å². The lowest BCUT2D eigenvalue weighted by molar-refractivity contribution is 0.242. The van der Waals surface area contributed by atoms with Gasteiger partial charge in [-0.1, -0.05) is 23.2 Å². The van der Waals surface area contributed by atoms with Gasteiger partial charge in [-0.15, -0.1) is 0 Å². The Balaban J connectivity index is 2.18. The van der Waals surface area contributed by atoms with Gasteiger partial charge in [0.1, 0.15) is 5.75 Å². The van der Waals surface area contributed by atoms with E-state index in [1.54, 1.807) is 6.07 Å². The number of rotatable bonds is 5. The van der Waals surface area contributed by atoms with E-state index in [2.05, 4.69) is 15.7 Å². The van der Waals surface area contributed by atoms with E-state index in [-0.39, 0.29) is 6.10 Å². The molecule has 0 amide bonds. The number of hydrogen-bond acceptors (Lipinski definition) is 5. The monoisotopic (exact) mass is 326 g/mol. The number of nitrogens with two attached hydrogens (primary N) is 1. The Bertz CT molecular complexity index is 617. The molecule has 5 nitrogen and oxygen atoms in total. The molecule has 4 N–H and O–H groups in total. The molecule has 0 aliphatic heterocycles. The van der Waals surface area contributed by atoms with Gasteiger partial charge in [0.2, 0.25) is 0 Å².